The topological polar surface area (TPSA) is 154 Å². The Balaban J connectivity index is 2.88. The monoisotopic (exact) mass is 328 g/mol. The predicted octanol–water partition coefficient (Wildman–Crippen LogP) is -0.0674. The molecule has 1 unspecified atom stereocenters. The third kappa shape index (κ3) is 5.05. The fourth-order valence-electron chi connectivity index (χ4n) is 1.64. The first-order chi connectivity index (χ1) is 10.9. The summed E-state index contributed by atoms with van der Waals surface area (Å²) in [5.41, 5.74) is -0.506. The number of esters is 2. The highest BCUT2D eigenvalue weighted by atomic mass is 16.6. The molecule has 0 saturated heterocycles. The van der Waals surface area contributed by atoms with Gasteiger partial charge in [-0.15, -0.1) is 0 Å². The Morgan fingerprint density at radius 1 is 1.35 bits per heavy atom. The first-order valence-electron chi connectivity index (χ1n) is 6.71. The van der Waals surface area contributed by atoms with E-state index in [1.54, 1.807) is 13.8 Å². The van der Waals surface area contributed by atoms with E-state index in [0.29, 0.717) is 0 Å². The molecule has 2 N–H and O–H groups in total. The maximum Gasteiger partial charge on any atom is 0.353 e. The van der Waals surface area contributed by atoms with Crippen LogP contribution < -0.4 is 5.32 Å². The van der Waals surface area contributed by atoms with Crippen LogP contribution in [-0.4, -0.2) is 52.0 Å². The molecular weight excluding hydrogens is 312 g/mol. The second-order valence-electron chi connectivity index (χ2n) is 4.14. The first-order valence-corrected chi connectivity index (χ1v) is 6.71. The summed E-state index contributed by atoms with van der Waals surface area (Å²) in [4.78, 5) is 51.0. The van der Waals surface area contributed by atoms with Crippen LogP contribution in [0.4, 0.5) is 5.82 Å². The largest absolute Gasteiger partial charge is 0.466 e. The van der Waals surface area contributed by atoms with Crippen LogP contribution in [0, 0.1) is 10.1 Å². The van der Waals surface area contributed by atoms with Crippen LogP contribution in [0.15, 0.2) is 6.33 Å². The number of aromatic amines is 1. The SMILES string of the molecule is CCOC(=O)CC(NC(=O)c1nc[nH]c1[N+](=O)[O-])C(=O)OCC. The normalized spacial score (nSPS) is 11.4. The van der Waals surface area contributed by atoms with Crippen molar-refractivity contribution in [3.05, 3.63) is 22.1 Å². The van der Waals surface area contributed by atoms with Crippen LogP contribution in [0.3, 0.4) is 0 Å². The van der Waals surface area contributed by atoms with Crippen LogP contribution in [0.5, 0.6) is 0 Å². The summed E-state index contributed by atoms with van der Waals surface area (Å²) in [5, 5.41) is 12.9. The summed E-state index contributed by atoms with van der Waals surface area (Å²) in [6, 6.07) is -1.34. The smallest absolute Gasteiger partial charge is 0.353 e. The average Bonchev–Trinajstić information content (AvgIpc) is 2.96. The van der Waals surface area contributed by atoms with E-state index in [1.165, 1.54) is 0 Å². The molecule has 0 aliphatic rings. The van der Waals surface area contributed by atoms with Crippen molar-refractivity contribution >= 4 is 23.7 Å². The van der Waals surface area contributed by atoms with Gasteiger partial charge in [-0.05, 0) is 18.8 Å². The predicted molar refractivity (Wildman–Crippen MR) is 74.4 cm³/mol. The van der Waals surface area contributed by atoms with Crippen molar-refractivity contribution in [2.45, 2.75) is 26.3 Å². The molecule has 1 atom stereocenters. The summed E-state index contributed by atoms with van der Waals surface area (Å²) < 4.78 is 9.46. The zero-order valence-electron chi connectivity index (χ0n) is 12.5. The average molecular weight is 328 g/mol. The van der Waals surface area contributed by atoms with E-state index in [0.717, 1.165) is 6.33 Å². The number of nitrogens with one attached hydrogen (secondary N) is 2. The highest BCUT2D eigenvalue weighted by Gasteiger charge is 2.30. The number of nitro groups is 1. The lowest BCUT2D eigenvalue weighted by atomic mass is 10.2. The number of imidazole rings is 1. The van der Waals surface area contributed by atoms with Crippen LogP contribution >= 0.6 is 0 Å². The molecule has 0 aliphatic carbocycles. The second kappa shape index (κ2) is 8.46. The molecule has 0 saturated carbocycles. The maximum absolute atomic E-state index is 12.0. The first kappa shape index (κ1) is 18.1. The third-order valence-electron chi connectivity index (χ3n) is 2.57. The summed E-state index contributed by atoms with van der Waals surface area (Å²) in [5.74, 6) is -3.18. The Bertz CT molecular complexity index is 598. The summed E-state index contributed by atoms with van der Waals surface area (Å²) in [6.07, 6.45) is 0.508. The van der Waals surface area contributed by atoms with Crippen molar-refractivity contribution in [3.63, 3.8) is 0 Å². The van der Waals surface area contributed by atoms with E-state index in [4.69, 9.17) is 9.47 Å². The summed E-state index contributed by atoms with van der Waals surface area (Å²) >= 11 is 0. The van der Waals surface area contributed by atoms with Crippen molar-refractivity contribution < 1.29 is 28.8 Å². The Hall–Kier alpha value is -2.98. The highest BCUT2D eigenvalue weighted by Crippen LogP contribution is 2.12. The number of hydrogen-bond donors (Lipinski definition) is 2. The molecule has 1 heterocycles. The molecule has 1 aromatic heterocycles. The van der Waals surface area contributed by atoms with Gasteiger partial charge in [-0.3, -0.25) is 9.59 Å². The second-order valence-corrected chi connectivity index (χ2v) is 4.14. The quantitative estimate of drug-likeness (QED) is 0.382. The zero-order valence-corrected chi connectivity index (χ0v) is 12.5. The molecule has 11 nitrogen and oxygen atoms in total. The standard InChI is InChI=1S/C12H16N4O7/c1-3-22-8(17)5-7(12(19)23-4-2)15-11(18)9-10(16(20)21)14-6-13-9/h6-7H,3-5H2,1-2H3,(H,13,14)(H,15,18). The molecule has 126 valence electrons. The molecule has 1 rings (SSSR count). The maximum atomic E-state index is 12.0. The van der Waals surface area contributed by atoms with E-state index in [2.05, 4.69) is 15.3 Å². The number of H-pyrrole nitrogens is 1. The zero-order chi connectivity index (χ0) is 17.4. The van der Waals surface area contributed by atoms with Crippen molar-refractivity contribution in [2.75, 3.05) is 13.2 Å². The number of amides is 1. The van der Waals surface area contributed by atoms with Gasteiger partial charge in [0.15, 0.2) is 6.33 Å². The minimum atomic E-state index is -1.34. The molecule has 1 amide bonds. The summed E-state index contributed by atoms with van der Waals surface area (Å²) in [7, 11) is 0. The van der Waals surface area contributed by atoms with E-state index >= 15 is 0 Å². The number of aromatic nitrogens is 2. The number of hydrogen-bond acceptors (Lipinski definition) is 8. The van der Waals surface area contributed by atoms with Gasteiger partial charge in [-0.1, -0.05) is 0 Å². The molecule has 0 aliphatic heterocycles. The molecule has 0 bridgehead atoms. The van der Waals surface area contributed by atoms with Gasteiger partial charge in [0.05, 0.1) is 19.6 Å². The van der Waals surface area contributed by atoms with E-state index < -0.39 is 46.7 Å². The number of nitrogens with zero attached hydrogens (tertiary/aromatic N) is 2. The minimum Gasteiger partial charge on any atom is -0.466 e. The molecule has 0 aromatic carbocycles. The summed E-state index contributed by atoms with van der Waals surface area (Å²) in [6.45, 7) is 3.28. The van der Waals surface area contributed by atoms with Crippen molar-refractivity contribution in [2.24, 2.45) is 0 Å². The van der Waals surface area contributed by atoms with Gasteiger partial charge in [0.25, 0.3) is 5.91 Å². The van der Waals surface area contributed by atoms with Gasteiger partial charge < -0.3 is 24.9 Å². The van der Waals surface area contributed by atoms with Crippen molar-refractivity contribution in [1.29, 1.82) is 0 Å². The van der Waals surface area contributed by atoms with E-state index in [-0.39, 0.29) is 13.2 Å². The van der Waals surface area contributed by atoms with Gasteiger partial charge in [-0.25, -0.2) is 14.8 Å². The third-order valence-corrected chi connectivity index (χ3v) is 2.57. The van der Waals surface area contributed by atoms with Crippen LogP contribution in [-0.2, 0) is 19.1 Å². The molecule has 0 spiro atoms. The van der Waals surface area contributed by atoms with Crippen LogP contribution in [0.25, 0.3) is 0 Å². The number of carbonyl (C=O) groups is 3. The number of ether oxygens (including phenoxy) is 2. The number of carbonyl (C=O) groups excluding carboxylic acids is 3. The van der Waals surface area contributed by atoms with E-state index in [1.807, 2.05) is 0 Å². The lowest BCUT2D eigenvalue weighted by molar-refractivity contribution is -0.389. The Kier molecular flexibility index (Phi) is 6.65. The fourth-order valence-corrected chi connectivity index (χ4v) is 1.64. The van der Waals surface area contributed by atoms with Gasteiger partial charge in [0.2, 0.25) is 5.69 Å². The van der Waals surface area contributed by atoms with Crippen molar-refractivity contribution in [1.82, 2.24) is 15.3 Å². The molecular formula is C12H16N4O7. The van der Waals surface area contributed by atoms with Gasteiger partial charge >= 0.3 is 17.8 Å². The molecule has 23 heavy (non-hydrogen) atoms. The minimum absolute atomic E-state index is 0.0383. The lowest BCUT2D eigenvalue weighted by Crippen LogP contribution is -2.43. The van der Waals surface area contributed by atoms with Crippen LogP contribution in [0.1, 0.15) is 30.8 Å². The molecule has 0 radical (unpaired) electrons. The van der Waals surface area contributed by atoms with E-state index in [9.17, 15) is 24.5 Å². The molecule has 0 fully saturated rings. The highest BCUT2D eigenvalue weighted by molar-refractivity contribution is 5.98. The van der Waals surface area contributed by atoms with Crippen molar-refractivity contribution in [3.8, 4) is 0 Å². The Morgan fingerprint density at radius 3 is 2.57 bits per heavy atom. The lowest BCUT2D eigenvalue weighted by Gasteiger charge is -2.15. The van der Waals surface area contributed by atoms with Crippen LogP contribution in [0.2, 0.25) is 0 Å². The van der Waals surface area contributed by atoms with Gasteiger partial charge in [0.1, 0.15) is 6.04 Å². The van der Waals surface area contributed by atoms with Gasteiger partial charge in [0, 0.05) is 0 Å². The van der Waals surface area contributed by atoms with Gasteiger partial charge in [-0.2, -0.15) is 0 Å². The number of rotatable bonds is 8. The fraction of sp³-hybridized carbons (Fsp3) is 0.500. The Labute approximate surface area is 130 Å². The Morgan fingerprint density at radius 2 is 2.00 bits per heavy atom. The molecule has 1 aromatic rings. The molecule has 11 heteroatoms.